The number of rotatable bonds is 7. The summed E-state index contributed by atoms with van der Waals surface area (Å²) in [5.74, 6) is -0.591. The van der Waals surface area contributed by atoms with E-state index in [2.05, 4.69) is 5.32 Å². The molecule has 8 heteroatoms. The van der Waals surface area contributed by atoms with Crippen molar-refractivity contribution in [3.63, 3.8) is 0 Å². The van der Waals surface area contributed by atoms with E-state index in [9.17, 15) is 9.59 Å². The molecule has 1 heterocycles. The van der Waals surface area contributed by atoms with E-state index in [1.807, 2.05) is 30.3 Å². The fraction of sp³-hybridized carbons (Fsp3) is 0.529. The molecule has 0 aliphatic carbocycles. The van der Waals surface area contributed by atoms with E-state index in [0.717, 1.165) is 5.56 Å². The van der Waals surface area contributed by atoms with Gasteiger partial charge in [0.2, 0.25) is 0 Å². The van der Waals surface area contributed by atoms with Gasteiger partial charge in [-0.3, -0.25) is 0 Å². The molecule has 1 N–H and O–H groups in total. The van der Waals surface area contributed by atoms with Gasteiger partial charge in [-0.1, -0.05) is 30.3 Å². The summed E-state index contributed by atoms with van der Waals surface area (Å²) in [6, 6.07) is 8.50. The number of ether oxygens (including phenoxy) is 5. The van der Waals surface area contributed by atoms with Gasteiger partial charge in [-0.25, -0.2) is 9.59 Å². The Morgan fingerprint density at radius 3 is 2.48 bits per heavy atom. The Morgan fingerprint density at radius 1 is 1.16 bits per heavy atom. The van der Waals surface area contributed by atoms with E-state index in [-0.39, 0.29) is 13.2 Å². The summed E-state index contributed by atoms with van der Waals surface area (Å²) in [7, 11) is 4.31. The first kappa shape index (κ1) is 19.2. The first-order valence-corrected chi connectivity index (χ1v) is 7.83. The van der Waals surface area contributed by atoms with E-state index in [1.54, 1.807) is 0 Å². The van der Waals surface area contributed by atoms with Crippen LogP contribution in [0.15, 0.2) is 30.3 Å². The van der Waals surface area contributed by atoms with Gasteiger partial charge in [-0.05, 0) is 5.56 Å². The Morgan fingerprint density at radius 2 is 1.88 bits per heavy atom. The highest BCUT2D eigenvalue weighted by molar-refractivity contribution is 5.79. The molecule has 1 aromatic carbocycles. The summed E-state index contributed by atoms with van der Waals surface area (Å²) in [4.78, 5) is 24.2. The van der Waals surface area contributed by atoms with Crippen molar-refractivity contribution in [2.75, 3.05) is 27.9 Å². The van der Waals surface area contributed by atoms with Gasteiger partial charge in [0.15, 0.2) is 12.2 Å². The van der Waals surface area contributed by atoms with Crippen molar-refractivity contribution in [3.05, 3.63) is 35.9 Å². The maximum Gasteiger partial charge on any atom is 0.407 e. The van der Waals surface area contributed by atoms with Gasteiger partial charge in [0, 0.05) is 21.3 Å². The third kappa shape index (κ3) is 4.91. The van der Waals surface area contributed by atoms with Crippen molar-refractivity contribution >= 4 is 12.1 Å². The van der Waals surface area contributed by atoms with Crippen LogP contribution in [-0.2, 0) is 35.1 Å². The highest BCUT2D eigenvalue weighted by Gasteiger charge is 2.47. The lowest BCUT2D eigenvalue weighted by atomic mass is 9.96. The molecule has 25 heavy (non-hydrogen) atoms. The van der Waals surface area contributed by atoms with Crippen molar-refractivity contribution in [2.45, 2.75) is 31.0 Å². The molecule has 1 amide bonds. The molecule has 0 unspecified atom stereocenters. The molecule has 0 aromatic heterocycles. The average molecular weight is 353 g/mol. The number of methoxy groups -OCH3 is 3. The zero-order valence-corrected chi connectivity index (χ0v) is 14.5. The van der Waals surface area contributed by atoms with Crippen LogP contribution in [0.3, 0.4) is 0 Å². The van der Waals surface area contributed by atoms with Crippen LogP contribution in [0.25, 0.3) is 0 Å². The lowest BCUT2D eigenvalue weighted by molar-refractivity contribution is -0.195. The summed E-state index contributed by atoms with van der Waals surface area (Å²) >= 11 is 0. The lowest BCUT2D eigenvalue weighted by Crippen LogP contribution is -2.64. The summed E-state index contributed by atoms with van der Waals surface area (Å²) in [6.07, 6.45) is -2.97. The minimum absolute atomic E-state index is 0.112. The SMILES string of the molecule is COC[C@H]1OC(=O)[C@@H](OC)[C@H](NC(=O)OCc2ccccc2)[C@@H]1OC. The maximum absolute atomic E-state index is 12.2. The number of hydrogen-bond acceptors (Lipinski definition) is 7. The normalized spacial score (nSPS) is 26.0. The molecule has 1 aliphatic rings. The number of benzene rings is 1. The monoisotopic (exact) mass is 353 g/mol. The molecule has 4 atom stereocenters. The third-order valence-corrected chi connectivity index (χ3v) is 3.90. The number of carbonyl (C=O) groups excluding carboxylic acids is 2. The Labute approximate surface area is 146 Å². The van der Waals surface area contributed by atoms with Crippen molar-refractivity contribution in [3.8, 4) is 0 Å². The lowest BCUT2D eigenvalue weighted by Gasteiger charge is -2.39. The van der Waals surface area contributed by atoms with Crippen LogP contribution in [0, 0.1) is 0 Å². The predicted octanol–water partition coefficient (Wildman–Crippen LogP) is 0.883. The maximum atomic E-state index is 12.2. The highest BCUT2D eigenvalue weighted by atomic mass is 16.6. The predicted molar refractivity (Wildman–Crippen MR) is 86.9 cm³/mol. The molecular formula is C17H23NO7. The number of hydrogen-bond donors (Lipinski definition) is 1. The number of carbonyl (C=O) groups is 2. The van der Waals surface area contributed by atoms with Gasteiger partial charge in [0.25, 0.3) is 0 Å². The fourth-order valence-corrected chi connectivity index (χ4v) is 2.73. The average Bonchev–Trinajstić information content (AvgIpc) is 2.61. The number of amides is 1. The molecule has 0 spiro atoms. The second-order valence-electron chi connectivity index (χ2n) is 5.52. The minimum Gasteiger partial charge on any atom is -0.455 e. The van der Waals surface area contributed by atoms with Crippen molar-refractivity contribution in [1.82, 2.24) is 5.32 Å². The molecule has 1 aromatic rings. The highest BCUT2D eigenvalue weighted by Crippen LogP contribution is 2.22. The van der Waals surface area contributed by atoms with Crippen LogP contribution in [0.1, 0.15) is 5.56 Å². The van der Waals surface area contributed by atoms with Gasteiger partial charge in [0.05, 0.1) is 12.6 Å². The Bertz CT molecular complexity index is 565. The Balaban J connectivity index is 2.03. The molecule has 2 rings (SSSR count). The summed E-state index contributed by atoms with van der Waals surface area (Å²) in [5.41, 5.74) is 0.851. The molecule has 0 radical (unpaired) electrons. The smallest absolute Gasteiger partial charge is 0.407 e. The van der Waals surface area contributed by atoms with E-state index in [0.29, 0.717) is 0 Å². The van der Waals surface area contributed by atoms with Crippen LogP contribution in [0.2, 0.25) is 0 Å². The molecule has 8 nitrogen and oxygen atoms in total. The molecule has 138 valence electrons. The Hall–Kier alpha value is -2.16. The van der Waals surface area contributed by atoms with Crippen LogP contribution >= 0.6 is 0 Å². The first-order valence-electron chi connectivity index (χ1n) is 7.83. The van der Waals surface area contributed by atoms with Crippen molar-refractivity contribution in [2.24, 2.45) is 0 Å². The van der Waals surface area contributed by atoms with Crippen molar-refractivity contribution < 1.29 is 33.3 Å². The van der Waals surface area contributed by atoms with Crippen LogP contribution in [0.5, 0.6) is 0 Å². The molecular weight excluding hydrogens is 330 g/mol. The van der Waals surface area contributed by atoms with E-state index < -0.39 is 36.4 Å². The number of nitrogens with one attached hydrogen (secondary N) is 1. The van der Waals surface area contributed by atoms with Gasteiger partial charge >= 0.3 is 12.1 Å². The molecule has 0 saturated carbocycles. The topological polar surface area (TPSA) is 92.3 Å². The minimum atomic E-state index is -0.998. The molecule has 1 fully saturated rings. The molecule has 0 bridgehead atoms. The zero-order valence-electron chi connectivity index (χ0n) is 14.5. The second-order valence-corrected chi connectivity index (χ2v) is 5.52. The van der Waals surface area contributed by atoms with Crippen LogP contribution in [-0.4, -0.2) is 64.4 Å². The van der Waals surface area contributed by atoms with E-state index in [4.69, 9.17) is 23.7 Å². The summed E-state index contributed by atoms with van der Waals surface area (Å²) in [6.45, 7) is 0.249. The number of cyclic esters (lactones) is 1. The Kier molecular flexibility index (Phi) is 7.17. The first-order chi connectivity index (χ1) is 12.1. The summed E-state index contributed by atoms with van der Waals surface area (Å²) in [5, 5.41) is 2.64. The quantitative estimate of drug-likeness (QED) is 0.728. The largest absolute Gasteiger partial charge is 0.455 e. The number of esters is 1. The second kappa shape index (κ2) is 9.36. The van der Waals surface area contributed by atoms with Crippen LogP contribution < -0.4 is 5.32 Å². The van der Waals surface area contributed by atoms with Crippen molar-refractivity contribution in [1.29, 1.82) is 0 Å². The zero-order chi connectivity index (χ0) is 18.2. The summed E-state index contributed by atoms with van der Waals surface area (Å²) < 4.78 is 26.1. The third-order valence-electron chi connectivity index (χ3n) is 3.90. The van der Waals surface area contributed by atoms with Gasteiger partial charge in [-0.15, -0.1) is 0 Å². The standard InChI is InChI=1S/C17H23NO7/c1-21-10-12-14(22-2)13(15(23-3)16(19)25-12)18-17(20)24-9-11-7-5-4-6-8-11/h4-8,12-15H,9-10H2,1-3H3,(H,18,20)/t12-,13-,14-,15+/m1/s1. The van der Waals surface area contributed by atoms with E-state index in [1.165, 1.54) is 21.3 Å². The van der Waals surface area contributed by atoms with Gasteiger partial charge < -0.3 is 29.0 Å². The van der Waals surface area contributed by atoms with E-state index >= 15 is 0 Å². The molecule has 1 aliphatic heterocycles. The van der Waals surface area contributed by atoms with Gasteiger partial charge in [-0.2, -0.15) is 0 Å². The fourth-order valence-electron chi connectivity index (χ4n) is 2.73. The van der Waals surface area contributed by atoms with Crippen LogP contribution in [0.4, 0.5) is 4.79 Å². The molecule has 1 saturated heterocycles. The van der Waals surface area contributed by atoms with Gasteiger partial charge in [0.1, 0.15) is 12.7 Å². The number of alkyl carbamates (subject to hydrolysis) is 1.